The molecule has 0 unspecified atom stereocenters. The minimum Gasteiger partial charge on any atom is -0.341 e. The lowest BCUT2D eigenvalue weighted by Gasteiger charge is -2.35. The Morgan fingerprint density at radius 2 is 1.68 bits per heavy atom. The fourth-order valence-corrected chi connectivity index (χ4v) is 6.79. The summed E-state index contributed by atoms with van der Waals surface area (Å²) in [6.45, 7) is 11.4. The molecule has 2 amide bonds. The van der Waals surface area contributed by atoms with Gasteiger partial charge in [0.15, 0.2) is 0 Å². The first kappa shape index (κ1) is 25.6. The molecule has 5 rings (SSSR count). The molecule has 0 bridgehead atoms. The number of benzene rings is 1. The van der Waals surface area contributed by atoms with Gasteiger partial charge in [-0.15, -0.1) is 11.3 Å². The average Bonchev–Trinajstić information content (AvgIpc) is 3.22. The minimum atomic E-state index is -0.253. The zero-order valence-corrected chi connectivity index (χ0v) is 22.7. The standard InChI is InChI=1S/C28H35N5O3S/c1-19-13-20(2)15-32(14-19)23(34)17-33-18-29-26-24(27(33)35)21(3)25(37-26)28(36)31-11-9-30(10-12-31)16-22-7-5-4-6-8-22/h4-8,18-20H,9-17H2,1-3H3/t19-,20-/m0/s1. The van der Waals surface area contributed by atoms with Crippen LogP contribution < -0.4 is 5.56 Å². The Balaban J connectivity index is 1.28. The molecular weight excluding hydrogens is 486 g/mol. The van der Waals surface area contributed by atoms with Crippen LogP contribution in [0.5, 0.6) is 0 Å². The Hall–Kier alpha value is -3.04. The van der Waals surface area contributed by atoms with Crippen LogP contribution in [-0.2, 0) is 17.9 Å². The van der Waals surface area contributed by atoms with Crippen molar-refractivity contribution in [3.05, 3.63) is 63.0 Å². The lowest BCUT2D eigenvalue weighted by Crippen LogP contribution is -2.48. The van der Waals surface area contributed by atoms with E-state index in [2.05, 4.69) is 35.9 Å². The Morgan fingerprint density at radius 1 is 1.00 bits per heavy atom. The van der Waals surface area contributed by atoms with Crippen molar-refractivity contribution in [1.82, 2.24) is 24.3 Å². The van der Waals surface area contributed by atoms with E-state index in [4.69, 9.17) is 0 Å². The van der Waals surface area contributed by atoms with E-state index >= 15 is 0 Å². The number of rotatable bonds is 5. The van der Waals surface area contributed by atoms with Crippen LogP contribution in [0.2, 0.25) is 0 Å². The van der Waals surface area contributed by atoms with Gasteiger partial charge in [-0.05, 0) is 36.3 Å². The van der Waals surface area contributed by atoms with E-state index in [9.17, 15) is 14.4 Å². The summed E-state index contributed by atoms with van der Waals surface area (Å²) in [5, 5.41) is 0.451. The van der Waals surface area contributed by atoms with E-state index in [1.807, 2.05) is 34.9 Å². The number of carbonyl (C=O) groups excluding carboxylic acids is 2. The summed E-state index contributed by atoms with van der Waals surface area (Å²) in [5.41, 5.74) is 1.68. The Labute approximate surface area is 221 Å². The molecule has 9 heteroatoms. The summed E-state index contributed by atoms with van der Waals surface area (Å²) in [5.74, 6) is 0.813. The van der Waals surface area contributed by atoms with Gasteiger partial charge in [-0.25, -0.2) is 4.98 Å². The van der Waals surface area contributed by atoms with Crippen molar-refractivity contribution in [2.75, 3.05) is 39.3 Å². The maximum absolute atomic E-state index is 13.4. The molecule has 0 N–H and O–H groups in total. The number of aryl methyl sites for hydroxylation is 1. The first-order valence-electron chi connectivity index (χ1n) is 13.1. The number of hydrogen-bond acceptors (Lipinski definition) is 6. The lowest BCUT2D eigenvalue weighted by atomic mass is 9.92. The fourth-order valence-electron chi connectivity index (χ4n) is 5.68. The lowest BCUT2D eigenvalue weighted by molar-refractivity contribution is -0.134. The van der Waals surface area contributed by atoms with Crippen LogP contribution in [-0.4, -0.2) is 75.3 Å². The molecule has 0 radical (unpaired) electrons. The van der Waals surface area contributed by atoms with E-state index in [0.717, 1.165) is 39.1 Å². The molecule has 0 aliphatic carbocycles. The van der Waals surface area contributed by atoms with Crippen LogP contribution in [0.3, 0.4) is 0 Å². The van der Waals surface area contributed by atoms with Crippen molar-refractivity contribution in [2.45, 2.75) is 40.3 Å². The largest absolute Gasteiger partial charge is 0.341 e. The number of thiophene rings is 1. The molecule has 8 nitrogen and oxygen atoms in total. The molecule has 2 aliphatic rings. The average molecular weight is 522 g/mol. The molecule has 1 aromatic carbocycles. The Morgan fingerprint density at radius 3 is 2.35 bits per heavy atom. The number of piperidine rings is 1. The van der Waals surface area contributed by atoms with E-state index in [0.29, 0.717) is 45.6 Å². The minimum absolute atomic E-state index is 0.0246. The van der Waals surface area contributed by atoms with E-state index in [-0.39, 0.29) is 23.9 Å². The van der Waals surface area contributed by atoms with Gasteiger partial charge < -0.3 is 9.80 Å². The highest BCUT2D eigenvalue weighted by Gasteiger charge is 2.28. The highest BCUT2D eigenvalue weighted by Crippen LogP contribution is 2.28. The number of nitrogens with zero attached hydrogens (tertiary/aromatic N) is 5. The monoisotopic (exact) mass is 521 g/mol. The molecule has 196 valence electrons. The van der Waals surface area contributed by atoms with Crippen LogP contribution in [0.1, 0.15) is 41.1 Å². The molecule has 2 aliphatic heterocycles. The van der Waals surface area contributed by atoms with Gasteiger partial charge in [0.2, 0.25) is 5.91 Å². The number of piperazine rings is 1. The van der Waals surface area contributed by atoms with Gasteiger partial charge in [0, 0.05) is 45.8 Å². The van der Waals surface area contributed by atoms with Crippen LogP contribution in [0.4, 0.5) is 0 Å². The Bertz CT molecular complexity index is 1330. The molecule has 0 spiro atoms. The summed E-state index contributed by atoms with van der Waals surface area (Å²) in [4.78, 5) is 51.4. The van der Waals surface area contributed by atoms with Gasteiger partial charge >= 0.3 is 0 Å². The van der Waals surface area contributed by atoms with Gasteiger partial charge in [0.25, 0.3) is 11.5 Å². The van der Waals surface area contributed by atoms with Gasteiger partial charge in [0.1, 0.15) is 11.4 Å². The third kappa shape index (κ3) is 5.48. The van der Waals surface area contributed by atoms with Crippen LogP contribution in [0, 0.1) is 18.8 Å². The second-order valence-electron chi connectivity index (χ2n) is 10.7. The zero-order valence-electron chi connectivity index (χ0n) is 21.9. The van der Waals surface area contributed by atoms with Gasteiger partial charge in [-0.1, -0.05) is 44.2 Å². The van der Waals surface area contributed by atoms with Gasteiger partial charge in [-0.3, -0.25) is 23.9 Å². The quantitative estimate of drug-likeness (QED) is 0.515. The summed E-state index contributed by atoms with van der Waals surface area (Å²) < 4.78 is 1.39. The molecular formula is C28H35N5O3S. The molecule has 2 atom stereocenters. The molecule has 4 heterocycles. The first-order chi connectivity index (χ1) is 17.8. The van der Waals surface area contributed by atoms with Gasteiger partial charge in [0.05, 0.1) is 16.6 Å². The van der Waals surface area contributed by atoms with Crippen LogP contribution in [0.25, 0.3) is 10.2 Å². The molecule has 2 fully saturated rings. The molecule has 2 aromatic heterocycles. The van der Waals surface area contributed by atoms with Crippen molar-refractivity contribution in [3.63, 3.8) is 0 Å². The van der Waals surface area contributed by atoms with E-state index in [1.54, 1.807) is 0 Å². The fraction of sp³-hybridized carbons (Fsp3) is 0.500. The molecule has 3 aromatic rings. The van der Waals surface area contributed by atoms with Crippen molar-refractivity contribution >= 4 is 33.4 Å². The topological polar surface area (TPSA) is 78.8 Å². The molecule has 0 saturated carbocycles. The van der Waals surface area contributed by atoms with Crippen molar-refractivity contribution in [2.24, 2.45) is 11.8 Å². The maximum atomic E-state index is 13.4. The second kappa shape index (κ2) is 10.8. The van der Waals surface area contributed by atoms with E-state index < -0.39 is 0 Å². The van der Waals surface area contributed by atoms with E-state index in [1.165, 1.54) is 27.8 Å². The van der Waals surface area contributed by atoms with Crippen molar-refractivity contribution < 1.29 is 9.59 Å². The normalized spacial score (nSPS) is 20.9. The summed E-state index contributed by atoms with van der Waals surface area (Å²) in [6, 6.07) is 10.4. The van der Waals surface area contributed by atoms with Crippen LogP contribution in [0.15, 0.2) is 41.5 Å². The highest BCUT2D eigenvalue weighted by molar-refractivity contribution is 7.20. The number of amides is 2. The summed E-state index contributed by atoms with van der Waals surface area (Å²) >= 11 is 1.27. The smallest absolute Gasteiger partial charge is 0.264 e. The predicted octanol–water partition coefficient (Wildman–Crippen LogP) is 3.23. The molecule has 37 heavy (non-hydrogen) atoms. The van der Waals surface area contributed by atoms with Gasteiger partial charge in [-0.2, -0.15) is 0 Å². The zero-order chi connectivity index (χ0) is 26.1. The SMILES string of the molecule is Cc1c(C(=O)N2CCN(Cc3ccccc3)CC2)sc2ncn(CC(=O)N3C[C@@H](C)C[C@H](C)C3)c(=O)c12. The number of likely N-dealkylation sites (tertiary alicyclic amines) is 1. The van der Waals surface area contributed by atoms with Crippen molar-refractivity contribution in [1.29, 1.82) is 0 Å². The number of fused-ring (bicyclic) bond motifs is 1. The third-order valence-corrected chi connectivity index (χ3v) is 8.74. The number of carbonyl (C=O) groups is 2. The summed E-state index contributed by atoms with van der Waals surface area (Å²) in [6.07, 6.45) is 2.57. The first-order valence-corrected chi connectivity index (χ1v) is 13.9. The summed E-state index contributed by atoms with van der Waals surface area (Å²) in [7, 11) is 0. The molecule has 2 saturated heterocycles. The van der Waals surface area contributed by atoms with Crippen LogP contribution >= 0.6 is 11.3 Å². The second-order valence-corrected chi connectivity index (χ2v) is 11.7. The number of aromatic nitrogens is 2. The maximum Gasteiger partial charge on any atom is 0.264 e. The van der Waals surface area contributed by atoms with Crippen molar-refractivity contribution in [3.8, 4) is 0 Å². The predicted molar refractivity (Wildman–Crippen MR) is 146 cm³/mol. The number of hydrogen-bond donors (Lipinski definition) is 0. The highest BCUT2D eigenvalue weighted by atomic mass is 32.1. The third-order valence-electron chi connectivity index (χ3n) is 7.55. The Kier molecular flexibility index (Phi) is 7.44.